The largest absolute Gasteiger partial charge is 0.431 e. The molecule has 0 N–H and O–H groups in total. The zero-order valence-corrected chi connectivity index (χ0v) is 20.0. The third-order valence-electron chi connectivity index (χ3n) is 6.32. The Hall–Kier alpha value is -3.40. The minimum absolute atomic E-state index is 0.0767. The topological polar surface area (TPSA) is 18.5 Å². The van der Waals surface area contributed by atoms with E-state index in [2.05, 4.69) is 0 Å². The molecule has 0 radical (unpaired) electrons. The fourth-order valence-corrected chi connectivity index (χ4v) is 4.22. The maximum absolute atomic E-state index is 14.8. The zero-order chi connectivity index (χ0) is 27.6. The van der Waals surface area contributed by atoms with Gasteiger partial charge in [0.1, 0.15) is 17.4 Å². The molecule has 2 atom stereocenters. The first-order valence-electron chi connectivity index (χ1n) is 11.8. The highest BCUT2D eigenvalue weighted by Gasteiger charge is 2.45. The monoisotopic (exact) mass is 542 g/mol. The second-order valence-electron chi connectivity index (χ2n) is 8.85. The summed E-state index contributed by atoms with van der Waals surface area (Å²) in [6, 6.07) is 9.78. The van der Waals surface area contributed by atoms with Gasteiger partial charge >= 0.3 is 6.11 Å². The highest BCUT2D eigenvalue weighted by Crippen LogP contribution is 2.38. The van der Waals surface area contributed by atoms with E-state index in [4.69, 9.17) is 9.47 Å². The van der Waals surface area contributed by atoms with Crippen LogP contribution in [0.25, 0.3) is 17.0 Å². The van der Waals surface area contributed by atoms with E-state index in [1.54, 1.807) is 12.1 Å². The predicted octanol–water partition coefficient (Wildman–Crippen LogP) is 8.86. The first kappa shape index (κ1) is 27.6. The van der Waals surface area contributed by atoms with Crippen molar-refractivity contribution in [2.24, 2.45) is 0 Å². The summed E-state index contributed by atoms with van der Waals surface area (Å²) in [4.78, 5) is 0. The van der Waals surface area contributed by atoms with Crippen LogP contribution in [0.15, 0.2) is 60.4 Å². The van der Waals surface area contributed by atoms with Gasteiger partial charge in [0, 0.05) is 23.1 Å². The number of hydrogen-bond donors (Lipinski definition) is 0. The molecular weight excluding hydrogens is 520 g/mol. The van der Waals surface area contributed by atoms with Crippen LogP contribution in [0.5, 0.6) is 5.75 Å². The van der Waals surface area contributed by atoms with Gasteiger partial charge in [-0.25, -0.2) is 26.3 Å². The molecule has 0 aliphatic carbocycles. The molecule has 38 heavy (non-hydrogen) atoms. The molecule has 1 aliphatic rings. The van der Waals surface area contributed by atoms with Gasteiger partial charge in [0.15, 0.2) is 29.4 Å². The molecule has 1 fully saturated rings. The highest BCUT2D eigenvalue weighted by atomic mass is 19.3. The minimum Gasteiger partial charge on any atom is -0.431 e. The lowest BCUT2D eigenvalue weighted by atomic mass is 9.90. The van der Waals surface area contributed by atoms with Crippen molar-refractivity contribution in [2.75, 3.05) is 6.61 Å². The normalized spacial score (nSPS) is 18.8. The van der Waals surface area contributed by atoms with Gasteiger partial charge in [-0.05, 0) is 54.7 Å². The van der Waals surface area contributed by atoms with Gasteiger partial charge in [-0.2, -0.15) is 8.78 Å². The molecule has 0 aromatic heterocycles. The van der Waals surface area contributed by atoms with Gasteiger partial charge in [0.25, 0.3) is 0 Å². The van der Waals surface area contributed by atoms with Gasteiger partial charge in [0.2, 0.25) is 0 Å². The van der Waals surface area contributed by atoms with E-state index in [0.29, 0.717) is 30.2 Å². The number of ether oxygens (including phenoxy) is 2. The van der Waals surface area contributed by atoms with Crippen molar-refractivity contribution in [1.82, 2.24) is 0 Å². The van der Waals surface area contributed by atoms with Crippen molar-refractivity contribution < 1.29 is 44.6 Å². The number of rotatable bonds is 7. The predicted molar refractivity (Wildman–Crippen MR) is 125 cm³/mol. The van der Waals surface area contributed by atoms with Crippen molar-refractivity contribution in [3.63, 3.8) is 0 Å². The van der Waals surface area contributed by atoms with Gasteiger partial charge in [-0.15, -0.1) is 0 Å². The van der Waals surface area contributed by atoms with Crippen LogP contribution < -0.4 is 4.74 Å². The second kappa shape index (κ2) is 11.1. The third kappa shape index (κ3) is 5.85. The van der Waals surface area contributed by atoms with Crippen LogP contribution in [-0.4, -0.2) is 18.8 Å². The standard InChI is InChI=1S/C28H22F8O2/c1-2-21(29)26(33)16-5-3-15(4-6-16)17-7-10-25(37-14-17)28(35,36)38-19-8-9-20(22(30)13-19)18-11-23(31)27(34)24(32)12-18/h3-6,8-9,11-13,17,25H,2,7,10,14H2,1H3. The number of benzene rings is 3. The van der Waals surface area contributed by atoms with E-state index in [9.17, 15) is 35.1 Å². The molecule has 0 saturated carbocycles. The van der Waals surface area contributed by atoms with Crippen LogP contribution in [0.3, 0.4) is 0 Å². The van der Waals surface area contributed by atoms with Crippen molar-refractivity contribution in [2.45, 2.75) is 44.3 Å². The number of allylic oxidation sites excluding steroid dienone is 1. The maximum atomic E-state index is 14.8. The lowest BCUT2D eigenvalue weighted by Crippen LogP contribution is -2.44. The summed E-state index contributed by atoms with van der Waals surface area (Å²) in [7, 11) is 0. The average molecular weight is 542 g/mol. The maximum Gasteiger partial charge on any atom is 0.424 e. The molecule has 1 saturated heterocycles. The molecule has 1 heterocycles. The van der Waals surface area contributed by atoms with Crippen molar-refractivity contribution in [3.05, 3.63) is 94.8 Å². The van der Waals surface area contributed by atoms with E-state index < -0.39 is 52.9 Å². The van der Waals surface area contributed by atoms with E-state index in [1.165, 1.54) is 19.1 Å². The van der Waals surface area contributed by atoms with Gasteiger partial charge in [0.05, 0.1) is 6.61 Å². The van der Waals surface area contributed by atoms with Gasteiger partial charge < -0.3 is 9.47 Å². The first-order valence-corrected chi connectivity index (χ1v) is 11.8. The molecule has 1 aliphatic heterocycles. The Balaban J connectivity index is 1.40. The molecule has 2 nitrogen and oxygen atoms in total. The summed E-state index contributed by atoms with van der Waals surface area (Å²) in [5.74, 6) is -8.49. The Labute approximate surface area is 213 Å². The van der Waals surface area contributed by atoms with Crippen LogP contribution in [0, 0.1) is 23.3 Å². The molecule has 0 amide bonds. The third-order valence-corrected chi connectivity index (χ3v) is 6.32. The summed E-state index contributed by atoms with van der Waals surface area (Å²) >= 11 is 0. The fourth-order valence-electron chi connectivity index (χ4n) is 4.22. The lowest BCUT2D eigenvalue weighted by Gasteiger charge is -2.33. The average Bonchev–Trinajstić information content (AvgIpc) is 2.90. The van der Waals surface area contributed by atoms with E-state index in [-0.39, 0.29) is 42.1 Å². The molecule has 3 aromatic carbocycles. The lowest BCUT2D eigenvalue weighted by molar-refractivity contribution is -0.262. The molecule has 2 unspecified atom stereocenters. The Morgan fingerprint density at radius 2 is 1.55 bits per heavy atom. The molecule has 3 aromatic rings. The first-order chi connectivity index (χ1) is 18.0. The summed E-state index contributed by atoms with van der Waals surface area (Å²) in [5, 5.41) is 0. The minimum atomic E-state index is -3.83. The Bertz CT molecular complexity index is 1310. The van der Waals surface area contributed by atoms with E-state index >= 15 is 0 Å². The Morgan fingerprint density at radius 1 is 0.895 bits per heavy atom. The van der Waals surface area contributed by atoms with Crippen molar-refractivity contribution >= 4 is 5.83 Å². The SMILES string of the molecule is CCC(F)=C(F)c1ccc(C2CCC(C(F)(F)Oc3ccc(-c4cc(F)c(F)c(F)c4)c(F)c3)OC2)cc1. The molecular formula is C28H22F8O2. The van der Waals surface area contributed by atoms with E-state index in [0.717, 1.165) is 12.1 Å². The summed E-state index contributed by atoms with van der Waals surface area (Å²) in [6.45, 7) is 1.40. The van der Waals surface area contributed by atoms with Crippen LogP contribution >= 0.6 is 0 Å². The fraction of sp³-hybridized carbons (Fsp3) is 0.286. The smallest absolute Gasteiger partial charge is 0.424 e. The number of hydrogen-bond acceptors (Lipinski definition) is 2. The van der Waals surface area contributed by atoms with Gasteiger partial charge in [-0.1, -0.05) is 31.2 Å². The van der Waals surface area contributed by atoms with Crippen LogP contribution in [0.1, 0.15) is 43.2 Å². The molecule has 4 rings (SSSR count). The Kier molecular flexibility index (Phi) is 8.10. The summed E-state index contributed by atoms with van der Waals surface area (Å²) in [5.41, 5.74) is 0.137. The summed E-state index contributed by atoms with van der Waals surface area (Å²) in [6.07, 6.45) is -5.36. The number of halogens is 8. The summed E-state index contributed by atoms with van der Waals surface area (Å²) < 4.78 is 122. The van der Waals surface area contributed by atoms with Gasteiger partial charge in [-0.3, -0.25) is 0 Å². The number of alkyl halides is 2. The highest BCUT2D eigenvalue weighted by molar-refractivity contribution is 5.65. The molecule has 202 valence electrons. The van der Waals surface area contributed by atoms with E-state index in [1.807, 2.05) is 0 Å². The van der Waals surface area contributed by atoms with Crippen molar-refractivity contribution in [1.29, 1.82) is 0 Å². The van der Waals surface area contributed by atoms with Crippen LogP contribution in [-0.2, 0) is 4.74 Å². The second-order valence-corrected chi connectivity index (χ2v) is 8.85. The molecule has 0 bridgehead atoms. The quantitative estimate of drug-likeness (QED) is 0.219. The van der Waals surface area contributed by atoms with Crippen LogP contribution in [0.4, 0.5) is 35.1 Å². The zero-order valence-electron chi connectivity index (χ0n) is 20.0. The Morgan fingerprint density at radius 3 is 2.11 bits per heavy atom. The van der Waals surface area contributed by atoms with Crippen LogP contribution in [0.2, 0.25) is 0 Å². The van der Waals surface area contributed by atoms with Crippen molar-refractivity contribution in [3.8, 4) is 16.9 Å². The molecule has 10 heteroatoms. The molecule has 0 spiro atoms.